The van der Waals surface area contributed by atoms with Crippen molar-refractivity contribution in [2.75, 3.05) is 0 Å². The molecular formula is C12H10BrCl2NS. The van der Waals surface area contributed by atoms with Crippen molar-refractivity contribution in [2.24, 2.45) is 5.73 Å². The van der Waals surface area contributed by atoms with Crippen LogP contribution in [0.15, 0.2) is 33.4 Å². The monoisotopic (exact) mass is 349 g/mol. The van der Waals surface area contributed by atoms with Crippen LogP contribution in [0.1, 0.15) is 17.2 Å². The van der Waals surface area contributed by atoms with E-state index in [0.717, 1.165) is 15.6 Å². The lowest BCUT2D eigenvalue weighted by Gasteiger charge is -2.12. The van der Waals surface area contributed by atoms with Crippen molar-refractivity contribution in [3.8, 4) is 0 Å². The van der Waals surface area contributed by atoms with Gasteiger partial charge in [-0.3, -0.25) is 0 Å². The fourth-order valence-electron chi connectivity index (χ4n) is 1.59. The average molecular weight is 351 g/mol. The van der Waals surface area contributed by atoms with E-state index in [1.165, 1.54) is 0 Å². The van der Waals surface area contributed by atoms with Gasteiger partial charge in [0.2, 0.25) is 0 Å². The van der Waals surface area contributed by atoms with Gasteiger partial charge in [0, 0.05) is 25.9 Å². The standard InChI is InChI=1S/C12H10BrCl2NS/c13-10-6-17-5-9(10)12(16)3-7-1-2-8(14)4-11(7)15/h1-2,4-6,12H,3,16H2. The van der Waals surface area contributed by atoms with Crippen molar-refractivity contribution >= 4 is 50.5 Å². The molecule has 0 aliphatic carbocycles. The van der Waals surface area contributed by atoms with E-state index >= 15 is 0 Å². The summed E-state index contributed by atoms with van der Waals surface area (Å²) < 4.78 is 1.06. The second-order valence-corrected chi connectivity index (χ2v) is 6.16. The first kappa shape index (κ1) is 13.4. The van der Waals surface area contributed by atoms with Crippen molar-refractivity contribution < 1.29 is 0 Å². The fourth-order valence-corrected chi connectivity index (χ4v) is 3.73. The topological polar surface area (TPSA) is 26.0 Å². The third-order valence-electron chi connectivity index (χ3n) is 2.50. The predicted octanol–water partition coefficient (Wildman–Crippen LogP) is 5.06. The second-order valence-electron chi connectivity index (χ2n) is 3.72. The fraction of sp³-hybridized carbons (Fsp3) is 0.167. The lowest BCUT2D eigenvalue weighted by Crippen LogP contribution is -2.13. The molecular weight excluding hydrogens is 341 g/mol. The highest BCUT2D eigenvalue weighted by molar-refractivity contribution is 9.10. The van der Waals surface area contributed by atoms with E-state index in [1.54, 1.807) is 17.4 Å². The Balaban J connectivity index is 2.19. The quantitative estimate of drug-likeness (QED) is 0.822. The van der Waals surface area contributed by atoms with Crippen molar-refractivity contribution in [2.45, 2.75) is 12.5 Å². The molecule has 0 amide bonds. The summed E-state index contributed by atoms with van der Waals surface area (Å²) in [6.45, 7) is 0. The van der Waals surface area contributed by atoms with Crippen LogP contribution in [0.5, 0.6) is 0 Å². The normalized spacial score (nSPS) is 12.7. The molecule has 90 valence electrons. The smallest absolute Gasteiger partial charge is 0.0453 e. The molecule has 0 spiro atoms. The molecule has 0 saturated carbocycles. The first-order valence-electron chi connectivity index (χ1n) is 4.99. The van der Waals surface area contributed by atoms with E-state index in [1.807, 2.05) is 17.5 Å². The first-order chi connectivity index (χ1) is 8.08. The van der Waals surface area contributed by atoms with Gasteiger partial charge in [0.25, 0.3) is 0 Å². The number of thiophene rings is 1. The van der Waals surface area contributed by atoms with Crippen molar-refractivity contribution in [3.63, 3.8) is 0 Å². The Hall–Kier alpha value is -0.0600. The third-order valence-corrected chi connectivity index (χ3v) is 4.84. The summed E-state index contributed by atoms with van der Waals surface area (Å²) in [5.41, 5.74) is 8.29. The van der Waals surface area contributed by atoms with Gasteiger partial charge < -0.3 is 5.73 Å². The van der Waals surface area contributed by atoms with Crippen LogP contribution in [0.4, 0.5) is 0 Å². The van der Waals surface area contributed by atoms with Gasteiger partial charge in [0.15, 0.2) is 0 Å². The summed E-state index contributed by atoms with van der Waals surface area (Å²) in [6, 6.07) is 5.44. The molecule has 0 saturated heterocycles. The third kappa shape index (κ3) is 3.24. The maximum Gasteiger partial charge on any atom is 0.0453 e. The number of benzene rings is 1. The van der Waals surface area contributed by atoms with Crippen molar-refractivity contribution in [1.82, 2.24) is 0 Å². The van der Waals surface area contributed by atoms with Crippen molar-refractivity contribution in [1.29, 1.82) is 0 Å². The van der Waals surface area contributed by atoms with Gasteiger partial charge in [0.1, 0.15) is 0 Å². The largest absolute Gasteiger partial charge is 0.324 e. The molecule has 1 nitrogen and oxygen atoms in total. The molecule has 0 radical (unpaired) electrons. The summed E-state index contributed by atoms with van der Waals surface area (Å²) in [5.74, 6) is 0. The number of hydrogen-bond acceptors (Lipinski definition) is 2. The summed E-state index contributed by atoms with van der Waals surface area (Å²) in [7, 11) is 0. The van der Waals surface area contributed by atoms with Crippen LogP contribution in [-0.4, -0.2) is 0 Å². The zero-order chi connectivity index (χ0) is 12.4. The van der Waals surface area contributed by atoms with Gasteiger partial charge in [-0.1, -0.05) is 29.3 Å². The molecule has 0 fully saturated rings. The van der Waals surface area contributed by atoms with Crippen LogP contribution in [-0.2, 0) is 6.42 Å². The molecule has 5 heteroatoms. The van der Waals surface area contributed by atoms with E-state index in [2.05, 4.69) is 21.3 Å². The molecule has 0 aliphatic heterocycles. The molecule has 1 aromatic heterocycles. The Morgan fingerprint density at radius 2 is 2.06 bits per heavy atom. The molecule has 1 aromatic carbocycles. The lowest BCUT2D eigenvalue weighted by molar-refractivity contribution is 0.722. The van der Waals surface area contributed by atoms with E-state index in [4.69, 9.17) is 28.9 Å². The summed E-state index contributed by atoms with van der Waals surface area (Å²) in [4.78, 5) is 0. The highest BCUT2D eigenvalue weighted by Crippen LogP contribution is 2.30. The van der Waals surface area contributed by atoms with Crippen LogP contribution >= 0.6 is 50.5 Å². The Morgan fingerprint density at radius 1 is 1.29 bits per heavy atom. The number of rotatable bonds is 3. The Bertz CT molecular complexity index is 527. The first-order valence-corrected chi connectivity index (χ1v) is 7.48. The van der Waals surface area contributed by atoms with E-state index in [0.29, 0.717) is 16.5 Å². The van der Waals surface area contributed by atoms with Crippen molar-refractivity contribution in [3.05, 3.63) is 54.6 Å². The number of nitrogens with two attached hydrogens (primary N) is 1. The van der Waals surface area contributed by atoms with Gasteiger partial charge in [-0.25, -0.2) is 0 Å². The molecule has 17 heavy (non-hydrogen) atoms. The molecule has 1 heterocycles. The predicted molar refractivity (Wildman–Crippen MR) is 79.1 cm³/mol. The number of halogens is 3. The van der Waals surface area contributed by atoms with E-state index < -0.39 is 0 Å². The summed E-state index contributed by atoms with van der Waals surface area (Å²) >= 11 is 17.1. The van der Waals surface area contributed by atoms with E-state index in [9.17, 15) is 0 Å². The molecule has 0 bridgehead atoms. The zero-order valence-electron chi connectivity index (χ0n) is 8.79. The Labute approximate surface area is 123 Å². The SMILES string of the molecule is NC(Cc1ccc(Cl)cc1Cl)c1cscc1Br. The molecule has 0 aliphatic rings. The number of hydrogen-bond donors (Lipinski definition) is 1. The maximum absolute atomic E-state index is 6.16. The second kappa shape index (κ2) is 5.72. The van der Waals surface area contributed by atoms with Crippen LogP contribution < -0.4 is 5.73 Å². The van der Waals surface area contributed by atoms with Gasteiger partial charge in [-0.2, -0.15) is 11.3 Å². The molecule has 2 N–H and O–H groups in total. The Morgan fingerprint density at radius 3 is 2.65 bits per heavy atom. The van der Waals surface area contributed by atoms with Crippen LogP contribution in [0, 0.1) is 0 Å². The molecule has 1 atom stereocenters. The molecule has 2 aromatic rings. The highest BCUT2D eigenvalue weighted by atomic mass is 79.9. The van der Waals surface area contributed by atoms with Crippen LogP contribution in [0.25, 0.3) is 0 Å². The van der Waals surface area contributed by atoms with Gasteiger partial charge in [-0.15, -0.1) is 0 Å². The Kier molecular flexibility index (Phi) is 4.50. The highest BCUT2D eigenvalue weighted by Gasteiger charge is 2.13. The van der Waals surface area contributed by atoms with Gasteiger partial charge >= 0.3 is 0 Å². The summed E-state index contributed by atoms with van der Waals surface area (Å²) in [5, 5.41) is 5.39. The molecule has 2 rings (SSSR count). The summed E-state index contributed by atoms with van der Waals surface area (Å²) in [6.07, 6.45) is 0.700. The van der Waals surface area contributed by atoms with E-state index in [-0.39, 0.29) is 6.04 Å². The average Bonchev–Trinajstić information content (AvgIpc) is 2.68. The van der Waals surface area contributed by atoms with Crippen LogP contribution in [0.2, 0.25) is 10.0 Å². The van der Waals surface area contributed by atoms with Crippen LogP contribution in [0.3, 0.4) is 0 Å². The minimum atomic E-state index is -0.0608. The minimum absolute atomic E-state index is 0.0608. The minimum Gasteiger partial charge on any atom is -0.324 e. The molecule has 1 unspecified atom stereocenters. The maximum atomic E-state index is 6.16. The zero-order valence-corrected chi connectivity index (χ0v) is 12.7. The van der Waals surface area contributed by atoms with Gasteiger partial charge in [0.05, 0.1) is 0 Å². The van der Waals surface area contributed by atoms with Gasteiger partial charge in [-0.05, 0) is 51.0 Å². The lowest BCUT2D eigenvalue weighted by atomic mass is 10.0.